The predicted molar refractivity (Wildman–Crippen MR) is 80.1 cm³/mol. The van der Waals surface area contributed by atoms with E-state index in [0.29, 0.717) is 17.8 Å². The Bertz CT molecular complexity index is 581. The molecule has 1 heterocycles. The fourth-order valence-electron chi connectivity index (χ4n) is 1.99. The van der Waals surface area contributed by atoms with Crippen LogP contribution in [0.1, 0.15) is 29.9 Å². The average molecular weight is 269 g/mol. The Hall–Kier alpha value is -2.36. The van der Waals surface area contributed by atoms with Crippen LogP contribution in [0.15, 0.2) is 48.7 Å². The molecule has 4 nitrogen and oxygen atoms in total. The van der Waals surface area contributed by atoms with Gasteiger partial charge >= 0.3 is 0 Å². The van der Waals surface area contributed by atoms with Crippen molar-refractivity contribution in [2.75, 3.05) is 5.73 Å². The second-order valence-electron chi connectivity index (χ2n) is 4.97. The largest absolute Gasteiger partial charge is 0.399 e. The quantitative estimate of drug-likeness (QED) is 0.868. The lowest BCUT2D eigenvalue weighted by Crippen LogP contribution is -2.36. The van der Waals surface area contributed by atoms with E-state index >= 15 is 0 Å². The Morgan fingerprint density at radius 1 is 1.25 bits per heavy atom. The van der Waals surface area contributed by atoms with Crippen LogP contribution in [0.2, 0.25) is 0 Å². The van der Waals surface area contributed by atoms with Crippen molar-refractivity contribution in [2.24, 2.45) is 0 Å². The molecule has 0 radical (unpaired) electrons. The summed E-state index contributed by atoms with van der Waals surface area (Å²) in [6.45, 7) is 4.48. The van der Waals surface area contributed by atoms with E-state index in [4.69, 9.17) is 5.73 Å². The zero-order valence-electron chi connectivity index (χ0n) is 11.8. The van der Waals surface area contributed by atoms with E-state index in [1.54, 1.807) is 35.4 Å². The molecule has 0 unspecified atom stereocenters. The number of aromatic nitrogens is 1. The summed E-state index contributed by atoms with van der Waals surface area (Å²) < 4.78 is 0. The van der Waals surface area contributed by atoms with Crippen LogP contribution in [-0.4, -0.2) is 21.8 Å². The summed E-state index contributed by atoms with van der Waals surface area (Å²) in [5.74, 6) is -0.0297. The number of hydrogen-bond acceptors (Lipinski definition) is 3. The number of nitrogen functional groups attached to an aromatic ring is 1. The highest BCUT2D eigenvalue weighted by Crippen LogP contribution is 2.14. The number of carbonyl (C=O) groups is 1. The van der Waals surface area contributed by atoms with Crippen LogP contribution in [0.3, 0.4) is 0 Å². The maximum Gasteiger partial charge on any atom is 0.254 e. The number of amides is 1. The summed E-state index contributed by atoms with van der Waals surface area (Å²) in [4.78, 5) is 18.7. The molecule has 1 amide bonds. The van der Waals surface area contributed by atoms with Crippen LogP contribution in [0.4, 0.5) is 5.69 Å². The third kappa shape index (κ3) is 3.35. The summed E-state index contributed by atoms with van der Waals surface area (Å²) in [5, 5.41) is 0. The maximum atomic E-state index is 12.6. The van der Waals surface area contributed by atoms with Crippen molar-refractivity contribution in [3.8, 4) is 0 Å². The van der Waals surface area contributed by atoms with Crippen molar-refractivity contribution >= 4 is 11.6 Å². The van der Waals surface area contributed by atoms with Gasteiger partial charge in [0.1, 0.15) is 0 Å². The molecule has 0 atom stereocenters. The van der Waals surface area contributed by atoms with Crippen molar-refractivity contribution in [2.45, 2.75) is 26.4 Å². The zero-order chi connectivity index (χ0) is 14.5. The third-order valence-electron chi connectivity index (χ3n) is 3.08. The van der Waals surface area contributed by atoms with Gasteiger partial charge < -0.3 is 10.6 Å². The molecule has 1 aromatic heterocycles. The van der Waals surface area contributed by atoms with Gasteiger partial charge in [0, 0.05) is 23.5 Å². The first-order valence-corrected chi connectivity index (χ1v) is 6.64. The van der Waals surface area contributed by atoms with Gasteiger partial charge in [-0.15, -0.1) is 0 Å². The molecule has 20 heavy (non-hydrogen) atoms. The Kier molecular flexibility index (Phi) is 4.35. The summed E-state index contributed by atoms with van der Waals surface area (Å²) in [6, 6.07) is 12.8. The van der Waals surface area contributed by atoms with Gasteiger partial charge in [0.15, 0.2) is 0 Å². The number of nitrogens with two attached hydrogens (primary N) is 1. The molecule has 2 aromatic rings. The molecular weight excluding hydrogens is 250 g/mol. The maximum absolute atomic E-state index is 12.6. The monoisotopic (exact) mass is 269 g/mol. The van der Waals surface area contributed by atoms with Gasteiger partial charge in [0.2, 0.25) is 0 Å². The van der Waals surface area contributed by atoms with E-state index < -0.39 is 0 Å². The average Bonchev–Trinajstić information content (AvgIpc) is 2.45. The van der Waals surface area contributed by atoms with Gasteiger partial charge in [0.25, 0.3) is 5.91 Å². The highest BCUT2D eigenvalue weighted by atomic mass is 16.2. The van der Waals surface area contributed by atoms with E-state index in [9.17, 15) is 4.79 Å². The first kappa shape index (κ1) is 14.1. The zero-order valence-corrected chi connectivity index (χ0v) is 11.8. The van der Waals surface area contributed by atoms with E-state index in [1.165, 1.54) is 0 Å². The van der Waals surface area contributed by atoms with Crippen molar-refractivity contribution in [1.82, 2.24) is 9.88 Å². The van der Waals surface area contributed by atoms with Crippen LogP contribution in [0.25, 0.3) is 0 Å². The smallest absolute Gasteiger partial charge is 0.254 e. The van der Waals surface area contributed by atoms with Gasteiger partial charge in [-0.3, -0.25) is 9.78 Å². The molecule has 0 aliphatic rings. The fraction of sp³-hybridized carbons (Fsp3) is 0.250. The molecule has 0 saturated heterocycles. The van der Waals surface area contributed by atoms with E-state index in [1.807, 2.05) is 32.0 Å². The second-order valence-corrected chi connectivity index (χ2v) is 4.97. The lowest BCUT2D eigenvalue weighted by Gasteiger charge is -2.26. The summed E-state index contributed by atoms with van der Waals surface area (Å²) >= 11 is 0. The number of carbonyl (C=O) groups excluding carboxylic acids is 1. The molecule has 2 rings (SSSR count). The number of anilines is 1. The number of benzene rings is 1. The fourth-order valence-corrected chi connectivity index (χ4v) is 1.99. The van der Waals surface area contributed by atoms with Crippen LogP contribution in [0.5, 0.6) is 0 Å². The van der Waals surface area contributed by atoms with Crippen LogP contribution in [0, 0.1) is 0 Å². The molecule has 0 aliphatic carbocycles. The molecular formula is C16H19N3O. The highest BCUT2D eigenvalue weighted by molar-refractivity contribution is 5.95. The third-order valence-corrected chi connectivity index (χ3v) is 3.08. The van der Waals surface area contributed by atoms with Crippen molar-refractivity contribution in [3.63, 3.8) is 0 Å². The Morgan fingerprint density at radius 3 is 2.65 bits per heavy atom. The summed E-state index contributed by atoms with van der Waals surface area (Å²) in [6.07, 6.45) is 1.73. The van der Waals surface area contributed by atoms with Crippen LogP contribution >= 0.6 is 0 Å². The standard InChI is InChI=1S/C16H19N3O/c1-12(2)19(11-15-8-3-4-9-18-15)16(20)13-6-5-7-14(17)10-13/h3-10,12H,11,17H2,1-2H3. The molecule has 4 heteroatoms. The minimum atomic E-state index is -0.0297. The highest BCUT2D eigenvalue weighted by Gasteiger charge is 2.19. The summed E-state index contributed by atoms with van der Waals surface area (Å²) in [5.41, 5.74) is 7.82. The first-order chi connectivity index (χ1) is 9.58. The van der Waals surface area contributed by atoms with Crippen LogP contribution in [-0.2, 0) is 6.54 Å². The van der Waals surface area contributed by atoms with Gasteiger partial charge in [-0.2, -0.15) is 0 Å². The first-order valence-electron chi connectivity index (χ1n) is 6.64. The predicted octanol–water partition coefficient (Wildman–Crippen LogP) is 2.71. The van der Waals surface area contributed by atoms with Crippen molar-refractivity contribution in [3.05, 3.63) is 59.9 Å². The van der Waals surface area contributed by atoms with Gasteiger partial charge in [-0.25, -0.2) is 0 Å². The molecule has 0 bridgehead atoms. The SMILES string of the molecule is CC(C)N(Cc1ccccn1)C(=O)c1cccc(N)c1. The van der Waals surface area contributed by atoms with E-state index in [-0.39, 0.29) is 11.9 Å². The second kappa shape index (κ2) is 6.19. The molecule has 0 spiro atoms. The Balaban J connectivity index is 2.23. The van der Waals surface area contributed by atoms with Crippen molar-refractivity contribution in [1.29, 1.82) is 0 Å². The van der Waals surface area contributed by atoms with E-state index in [2.05, 4.69) is 4.98 Å². The Labute approximate surface area is 119 Å². The van der Waals surface area contributed by atoms with Crippen molar-refractivity contribution < 1.29 is 4.79 Å². The summed E-state index contributed by atoms with van der Waals surface area (Å²) in [7, 11) is 0. The van der Waals surface area contributed by atoms with Crippen LogP contribution < -0.4 is 5.73 Å². The van der Waals surface area contributed by atoms with Gasteiger partial charge in [0.05, 0.1) is 12.2 Å². The minimum Gasteiger partial charge on any atom is -0.399 e. The topological polar surface area (TPSA) is 59.2 Å². The molecule has 0 saturated carbocycles. The normalized spacial score (nSPS) is 10.6. The number of rotatable bonds is 4. The van der Waals surface area contributed by atoms with Gasteiger partial charge in [-0.05, 0) is 44.2 Å². The van der Waals surface area contributed by atoms with Gasteiger partial charge in [-0.1, -0.05) is 12.1 Å². The Morgan fingerprint density at radius 2 is 2.05 bits per heavy atom. The lowest BCUT2D eigenvalue weighted by atomic mass is 10.1. The van der Waals surface area contributed by atoms with E-state index in [0.717, 1.165) is 5.69 Å². The molecule has 104 valence electrons. The molecule has 1 aromatic carbocycles. The molecule has 0 aliphatic heterocycles. The lowest BCUT2D eigenvalue weighted by molar-refractivity contribution is 0.0688. The number of hydrogen-bond donors (Lipinski definition) is 1. The number of nitrogens with zero attached hydrogens (tertiary/aromatic N) is 2. The number of pyridine rings is 1. The molecule has 2 N–H and O–H groups in total. The minimum absolute atomic E-state index is 0.0297. The molecule has 0 fully saturated rings.